The Morgan fingerprint density at radius 3 is 2.14 bits per heavy atom. The summed E-state index contributed by atoms with van der Waals surface area (Å²) in [7, 11) is 3.21. The Kier molecular flexibility index (Phi) is 4.76. The van der Waals surface area contributed by atoms with Crippen molar-refractivity contribution in [3.63, 3.8) is 0 Å². The van der Waals surface area contributed by atoms with Crippen LogP contribution in [0.3, 0.4) is 0 Å². The molecule has 0 saturated carbocycles. The molecule has 0 fully saturated rings. The van der Waals surface area contributed by atoms with Crippen LogP contribution in [-0.2, 0) is 0 Å². The van der Waals surface area contributed by atoms with Crippen molar-refractivity contribution >= 4 is 0 Å². The molecule has 0 unspecified atom stereocenters. The maximum absolute atomic E-state index is 5.48. The number of aromatic nitrogens is 3. The molecule has 2 heterocycles. The van der Waals surface area contributed by atoms with E-state index in [2.05, 4.69) is 15.1 Å². The summed E-state index contributed by atoms with van der Waals surface area (Å²) in [6, 6.07) is 19.4. The maximum atomic E-state index is 5.48. The van der Waals surface area contributed by atoms with Gasteiger partial charge in [-0.3, -0.25) is 0 Å². The largest absolute Gasteiger partial charge is 0.497 e. The van der Waals surface area contributed by atoms with Crippen LogP contribution >= 0.6 is 0 Å². The van der Waals surface area contributed by atoms with Gasteiger partial charge in [-0.15, -0.1) is 0 Å². The van der Waals surface area contributed by atoms with E-state index in [0.717, 1.165) is 22.6 Å². The summed E-state index contributed by atoms with van der Waals surface area (Å²) in [5, 5.41) is 4.10. The van der Waals surface area contributed by atoms with E-state index in [4.69, 9.17) is 14.0 Å². The van der Waals surface area contributed by atoms with Crippen LogP contribution in [0, 0.1) is 6.92 Å². The molecule has 0 atom stereocenters. The molecular formula is C22H19N3O3. The average molecular weight is 373 g/mol. The number of aryl methyl sites for hydroxylation is 1. The normalized spacial score (nSPS) is 10.7. The van der Waals surface area contributed by atoms with Crippen molar-refractivity contribution in [2.75, 3.05) is 14.2 Å². The lowest BCUT2D eigenvalue weighted by Crippen LogP contribution is -1.95. The number of hydrogen-bond donors (Lipinski definition) is 0. The molecule has 2 aromatic heterocycles. The van der Waals surface area contributed by atoms with Gasteiger partial charge in [0.2, 0.25) is 11.7 Å². The van der Waals surface area contributed by atoms with E-state index in [0.29, 0.717) is 23.2 Å². The smallest absolute Gasteiger partial charge is 0.258 e. The summed E-state index contributed by atoms with van der Waals surface area (Å²) < 4.78 is 16.1. The molecule has 0 aliphatic rings. The lowest BCUT2D eigenvalue weighted by molar-refractivity contribution is 0.398. The Morgan fingerprint density at radius 2 is 1.46 bits per heavy atom. The molecule has 2 aromatic carbocycles. The van der Waals surface area contributed by atoms with Crippen LogP contribution in [0.25, 0.3) is 34.1 Å². The van der Waals surface area contributed by atoms with Crippen molar-refractivity contribution in [3.05, 3.63) is 66.2 Å². The Bertz CT molecular complexity index is 1090. The van der Waals surface area contributed by atoms with E-state index in [1.54, 1.807) is 14.2 Å². The van der Waals surface area contributed by atoms with E-state index >= 15 is 0 Å². The molecule has 0 bridgehead atoms. The fourth-order valence-corrected chi connectivity index (χ4v) is 2.84. The van der Waals surface area contributed by atoms with E-state index < -0.39 is 0 Å². The number of methoxy groups -OCH3 is 2. The second-order valence-electron chi connectivity index (χ2n) is 6.27. The summed E-state index contributed by atoms with van der Waals surface area (Å²) in [4.78, 5) is 9.10. The van der Waals surface area contributed by atoms with Crippen LogP contribution < -0.4 is 9.47 Å². The number of hydrogen-bond acceptors (Lipinski definition) is 6. The highest BCUT2D eigenvalue weighted by Gasteiger charge is 2.16. The minimum Gasteiger partial charge on any atom is -0.497 e. The molecule has 0 amide bonds. The lowest BCUT2D eigenvalue weighted by Gasteiger charge is -2.08. The van der Waals surface area contributed by atoms with Crippen LogP contribution in [0.1, 0.15) is 5.56 Å². The summed E-state index contributed by atoms with van der Waals surface area (Å²) in [6.07, 6.45) is 0. The maximum Gasteiger partial charge on any atom is 0.258 e. The van der Waals surface area contributed by atoms with Crippen molar-refractivity contribution in [3.8, 4) is 45.7 Å². The second kappa shape index (κ2) is 7.52. The van der Waals surface area contributed by atoms with Crippen molar-refractivity contribution < 1.29 is 14.0 Å². The fraction of sp³-hybridized carbons (Fsp3) is 0.136. The molecule has 6 nitrogen and oxygen atoms in total. The van der Waals surface area contributed by atoms with Gasteiger partial charge in [0.25, 0.3) is 5.89 Å². The second-order valence-corrected chi connectivity index (χ2v) is 6.27. The third-order valence-corrected chi connectivity index (χ3v) is 4.40. The summed E-state index contributed by atoms with van der Waals surface area (Å²) in [6.45, 7) is 2.03. The zero-order valence-corrected chi connectivity index (χ0v) is 15.8. The first-order valence-electron chi connectivity index (χ1n) is 8.78. The van der Waals surface area contributed by atoms with Gasteiger partial charge in [0.1, 0.15) is 5.75 Å². The van der Waals surface area contributed by atoms with Gasteiger partial charge in [-0.2, -0.15) is 4.98 Å². The first-order valence-corrected chi connectivity index (χ1v) is 8.78. The fourth-order valence-electron chi connectivity index (χ4n) is 2.84. The third kappa shape index (κ3) is 3.44. The SMILES string of the molecule is COc1ccc(-c2ccc(-c3noc(-c4ccc(C)cc4)n3)c(OC)n2)cc1. The monoisotopic (exact) mass is 373 g/mol. The standard InChI is InChI=1S/C22H19N3O3/c1-14-4-6-16(7-5-14)21-24-20(25-28-21)18-12-13-19(23-22(18)27-3)15-8-10-17(26-2)11-9-15/h4-13H,1-3H3. The Labute approximate surface area is 162 Å². The van der Waals surface area contributed by atoms with Gasteiger partial charge in [-0.05, 0) is 55.5 Å². The van der Waals surface area contributed by atoms with E-state index in [1.165, 1.54) is 5.56 Å². The summed E-state index contributed by atoms with van der Waals surface area (Å²) in [5.41, 5.74) is 4.45. The quantitative estimate of drug-likeness (QED) is 0.501. The van der Waals surface area contributed by atoms with E-state index in [-0.39, 0.29) is 0 Å². The van der Waals surface area contributed by atoms with Gasteiger partial charge in [0, 0.05) is 11.1 Å². The van der Waals surface area contributed by atoms with Gasteiger partial charge < -0.3 is 14.0 Å². The molecule has 6 heteroatoms. The van der Waals surface area contributed by atoms with Gasteiger partial charge >= 0.3 is 0 Å². The van der Waals surface area contributed by atoms with Gasteiger partial charge in [-0.25, -0.2) is 4.98 Å². The predicted molar refractivity (Wildman–Crippen MR) is 106 cm³/mol. The highest BCUT2D eigenvalue weighted by atomic mass is 16.5. The molecule has 0 radical (unpaired) electrons. The molecule has 0 spiro atoms. The molecule has 28 heavy (non-hydrogen) atoms. The summed E-state index contributed by atoms with van der Waals surface area (Å²) >= 11 is 0. The molecule has 0 N–H and O–H groups in total. The van der Waals surface area contributed by atoms with Gasteiger partial charge in [0.05, 0.1) is 25.5 Å². The minimum absolute atomic E-state index is 0.432. The zero-order chi connectivity index (χ0) is 19.5. The Hall–Kier alpha value is -3.67. The third-order valence-electron chi connectivity index (χ3n) is 4.40. The summed E-state index contributed by atoms with van der Waals surface area (Å²) in [5.74, 6) is 2.12. The predicted octanol–water partition coefficient (Wildman–Crippen LogP) is 4.79. The molecule has 4 aromatic rings. The average Bonchev–Trinajstić information content (AvgIpc) is 3.24. The van der Waals surface area contributed by atoms with Crippen LogP contribution in [0.4, 0.5) is 0 Å². The number of benzene rings is 2. The van der Waals surface area contributed by atoms with Crippen molar-refractivity contribution in [2.45, 2.75) is 6.92 Å². The van der Waals surface area contributed by atoms with E-state index in [1.807, 2.05) is 67.6 Å². The van der Waals surface area contributed by atoms with Crippen molar-refractivity contribution in [1.82, 2.24) is 15.1 Å². The lowest BCUT2D eigenvalue weighted by atomic mass is 10.1. The first-order chi connectivity index (χ1) is 13.7. The van der Waals surface area contributed by atoms with Crippen LogP contribution in [-0.4, -0.2) is 29.3 Å². The van der Waals surface area contributed by atoms with Crippen molar-refractivity contribution in [1.29, 1.82) is 0 Å². The van der Waals surface area contributed by atoms with Gasteiger partial charge in [-0.1, -0.05) is 22.9 Å². The number of nitrogens with zero attached hydrogens (tertiary/aromatic N) is 3. The molecule has 0 aliphatic heterocycles. The first kappa shape index (κ1) is 17.7. The highest BCUT2D eigenvalue weighted by Crippen LogP contribution is 2.31. The van der Waals surface area contributed by atoms with Gasteiger partial charge in [0.15, 0.2) is 0 Å². The Morgan fingerprint density at radius 1 is 0.750 bits per heavy atom. The van der Waals surface area contributed by atoms with Crippen LogP contribution in [0.2, 0.25) is 0 Å². The van der Waals surface area contributed by atoms with Crippen LogP contribution in [0.15, 0.2) is 65.2 Å². The molecule has 0 aliphatic carbocycles. The zero-order valence-electron chi connectivity index (χ0n) is 15.8. The highest BCUT2D eigenvalue weighted by molar-refractivity contribution is 5.69. The molecule has 140 valence electrons. The molecule has 0 saturated heterocycles. The molecular weight excluding hydrogens is 354 g/mol. The molecule has 4 rings (SSSR count). The van der Waals surface area contributed by atoms with Crippen LogP contribution in [0.5, 0.6) is 11.6 Å². The topological polar surface area (TPSA) is 70.3 Å². The minimum atomic E-state index is 0.432. The Balaban J connectivity index is 1.67. The van der Waals surface area contributed by atoms with E-state index in [9.17, 15) is 0 Å². The van der Waals surface area contributed by atoms with Crippen molar-refractivity contribution in [2.24, 2.45) is 0 Å². The number of rotatable bonds is 5. The number of ether oxygens (including phenoxy) is 2. The number of pyridine rings is 1.